The van der Waals surface area contributed by atoms with Gasteiger partial charge in [-0.3, -0.25) is 0 Å². The topological polar surface area (TPSA) is 78.6 Å². The molecular formula is C20H13ClF3NO4S. The molecule has 0 saturated carbocycles. The van der Waals surface area contributed by atoms with Crippen LogP contribution in [0.25, 0.3) is 22.3 Å². The van der Waals surface area contributed by atoms with Crippen molar-refractivity contribution < 1.29 is 31.1 Å². The van der Waals surface area contributed by atoms with Crippen molar-refractivity contribution in [1.82, 2.24) is 0 Å². The molecule has 0 unspecified atom stereocenters. The molecule has 0 atom stereocenters. The van der Waals surface area contributed by atoms with E-state index in [4.69, 9.17) is 26.2 Å². The van der Waals surface area contributed by atoms with Crippen molar-refractivity contribution >= 4 is 21.6 Å². The highest BCUT2D eigenvalue weighted by Gasteiger charge is 2.33. The Hall–Kier alpha value is -2.75. The Balaban J connectivity index is 1.88. The zero-order valence-electron chi connectivity index (χ0n) is 15.0. The first-order chi connectivity index (χ1) is 14.0. The number of nitrogens with two attached hydrogens (primary N) is 1. The molecule has 3 aromatic rings. The Labute approximate surface area is 174 Å². The molecule has 4 rings (SSSR count). The van der Waals surface area contributed by atoms with Crippen LogP contribution in [0.2, 0.25) is 5.02 Å². The molecule has 0 fully saturated rings. The van der Waals surface area contributed by atoms with E-state index in [9.17, 15) is 21.6 Å². The molecule has 0 radical (unpaired) electrons. The molecule has 0 saturated heterocycles. The van der Waals surface area contributed by atoms with E-state index in [1.54, 1.807) is 24.3 Å². The quantitative estimate of drug-likeness (QED) is 0.598. The molecule has 5 nitrogen and oxygen atoms in total. The van der Waals surface area contributed by atoms with Crippen LogP contribution in [0, 0.1) is 0 Å². The third-order valence-electron chi connectivity index (χ3n) is 4.59. The first kappa shape index (κ1) is 20.5. The molecule has 1 heterocycles. The van der Waals surface area contributed by atoms with Gasteiger partial charge in [0.05, 0.1) is 15.5 Å². The van der Waals surface area contributed by atoms with Crippen LogP contribution in [-0.2, 0) is 16.2 Å². The second-order valence-electron chi connectivity index (χ2n) is 6.51. The minimum Gasteiger partial charge on any atom is -0.454 e. The van der Waals surface area contributed by atoms with Crippen molar-refractivity contribution in [2.24, 2.45) is 5.14 Å². The van der Waals surface area contributed by atoms with Gasteiger partial charge in [0, 0.05) is 0 Å². The van der Waals surface area contributed by atoms with Crippen LogP contribution in [0.1, 0.15) is 5.56 Å². The summed E-state index contributed by atoms with van der Waals surface area (Å²) in [6.07, 6.45) is -4.57. The zero-order chi connectivity index (χ0) is 21.7. The molecule has 10 heteroatoms. The number of alkyl halides is 3. The molecule has 2 N–H and O–H groups in total. The van der Waals surface area contributed by atoms with Gasteiger partial charge < -0.3 is 9.47 Å². The lowest BCUT2D eigenvalue weighted by Gasteiger charge is -2.15. The second-order valence-corrected chi connectivity index (χ2v) is 8.48. The van der Waals surface area contributed by atoms with E-state index >= 15 is 0 Å². The minimum atomic E-state index is -4.57. The van der Waals surface area contributed by atoms with Gasteiger partial charge in [0.1, 0.15) is 0 Å². The predicted octanol–water partition coefficient (Wildman–Crippen LogP) is 5.07. The van der Waals surface area contributed by atoms with Gasteiger partial charge in [0.2, 0.25) is 16.8 Å². The summed E-state index contributed by atoms with van der Waals surface area (Å²) in [5.41, 5.74) is 1.23. The summed E-state index contributed by atoms with van der Waals surface area (Å²) in [5, 5.41) is 4.70. The van der Waals surface area contributed by atoms with E-state index in [1.165, 1.54) is 24.3 Å². The maximum absolute atomic E-state index is 13.1. The van der Waals surface area contributed by atoms with Gasteiger partial charge in [-0.1, -0.05) is 29.8 Å². The van der Waals surface area contributed by atoms with Crippen LogP contribution in [0.15, 0.2) is 59.5 Å². The third-order valence-corrected chi connectivity index (χ3v) is 5.83. The van der Waals surface area contributed by atoms with Crippen LogP contribution in [-0.4, -0.2) is 15.2 Å². The summed E-state index contributed by atoms with van der Waals surface area (Å²) in [5.74, 6) is 0.896. The van der Waals surface area contributed by atoms with Crippen LogP contribution < -0.4 is 14.6 Å². The number of hydrogen-bond acceptors (Lipinski definition) is 4. The van der Waals surface area contributed by atoms with Crippen molar-refractivity contribution in [3.63, 3.8) is 0 Å². The number of halogens is 4. The third kappa shape index (κ3) is 3.83. The van der Waals surface area contributed by atoms with Crippen molar-refractivity contribution in [1.29, 1.82) is 0 Å². The second kappa shape index (κ2) is 7.19. The van der Waals surface area contributed by atoms with E-state index in [2.05, 4.69) is 0 Å². The molecule has 1 aliphatic heterocycles. The zero-order valence-corrected chi connectivity index (χ0v) is 16.6. The van der Waals surface area contributed by atoms with Crippen molar-refractivity contribution in [2.75, 3.05) is 6.79 Å². The lowest BCUT2D eigenvalue weighted by molar-refractivity contribution is -0.137. The standard InChI is InChI=1S/C20H13ClF3NO4S/c21-17-7-12(3-6-16(17)20(22,23)24)15-9-19-18(28-10-29-19)8-14(15)11-1-4-13(5-2-11)30(25,26)27/h1-9H,10H2,(H2,25,26,27). The van der Waals surface area contributed by atoms with E-state index in [0.29, 0.717) is 33.8 Å². The number of ether oxygens (including phenoxy) is 2. The van der Waals surface area contributed by atoms with Crippen LogP contribution in [0.5, 0.6) is 11.5 Å². The maximum atomic E-state index is 13.1. The smallest absolute Gasteiger partial charge is 0.417 e. The normalized spacial score (nSPS) is 13.5. The number of fused-ring (bicyclic) bond motifs is 1. The highest BCUT2D eigenvalue weighted by Crippen LogP contribution is 2.44. The average molecular weight is 456 g/mol. The fraction of sp³-hybridized carbons (Fsp3) is 0.100. The Morgan fingerprint density at radius 3 is 1.90 bits per heavy atom. The molecule has 1 aliphatic rings. The van der Waals surface area contributed by atoms with Gasteiger partial charge in [-0.05, 0) is 58.7 Å². The lowest BCUT2D eigenvalue weighted by atomic mass is 9.93. The molecular weight excluding hydrogens is 443 g/mol. The summed E-state index contributed by atoms with van der Waals surface area (Å²) in [7, 11) is -3.87. The molecule has 156 valence electrons. The molecule has 3 aromatic carbocycles. The maximum Gasteiger partial charge on any atom is 0.417 e. The van der Waals surface area contributed by atoms with Crippen LogP contribution in [0.3, 0.4) is 0 Å². The fourth-order valence-electron chi connectivity index (χ4n) is 3.16. The number of primary sulfonamides is 1. The Kier molecular flexibility index (Phi) is 4.92. The Morgan fingerprint density at radius 1 is 0.867 bits per heavy atom. The Morgan fingerprint density at radius 2 is 1.40 bits per heavy atom. The van der Waals surface area contributed by atoms with Gasteiger partial charge in [-0.25, -0.2) is 13.6 Å². The molecule has 0 amide bonds. The van der Waals surface area contributed by atoms with E-state index < -0.39 is 26.8 Å². The predicted molar refractivity (Wildman–Crippen MR) is 105 cm³/mol. The molecule has 0 aliphatic carbocycles. The summed E-state index contributed by atoms with van der Waals surface area (Å²) < 4.78 is 73.0. The van der Waals surface area contributed by atoms with Crippen molar-refractivity contribution in [3.05, 3.63) is 65.2 Å². The summed E-state index contributed by atoms with van der Waals surface area (Å²) in [6.45, 7) is 0.0103. The number of rotatable bonds is 3. The first-order valence-electron chi connectivity index (χ1n) is 8.48. The highest BCUT2D eigenvalue weighted by molar-refractivity contribution is 7.89. The summed E-state index contributed by atoms with van der Waals surface area (Å²) in [6, 6.07) is 12.6. The number of benzene rings is 3. The van der Waals surface area contributed by atoms with Crippen LogP contribution in [0.4, 0.5) is 13.2 Å². The molecule has 0 aromatic heterocycles. The Bertz CT molecular complexity index is 1240. The first-order valence-corrected chi connectivity index (χ1v) is 10.4. The highest BCUT2D eigenvalue weighted by atomic mass is 35.5. The van der Waals surface area contributed by atoms with E-state index in [-0.39, 0.29) is 11.7 Å². The van der Waals surface area contributed by atoms with Gasteiger partial charge >= 0.3 is 6.18 Å². The number of hydrogen-bond donors (Lipinski definition) is 1. The van der Waals surface area contributed by atoms with Gasteiger partial charge in [-0.15, -0.1) is 0 Å². The van der Waals surface area contributed by atoms with Crippen molar-refractivity contribution in [2.45, 2.75) is 11.1 Å². The monoisotopic (exact) mass is 455 g/mol. The summed E-state index contributed by atoms with van der Waals surface area (Å²) >= 11 is 5.89. The SMILES string of the molecule is NS(=O)(=O)c1ccc(-c2cc3c(cc2-c2ccc(C(F)(F)F)c(Cl)c2)OCO3)cc1. The number of sulfonamides is 1. The minimum absolute atomic E-state index is 0.0103. The van der Waals surface area contributed by atoms with Crippen molar-refractivity contribution in [3.8, 4) is 33.8 Å². The average Bonchev–Trinajstić information content (AvgIpc) is 3.13. The molecule has 0 bridgehead atoms. The van der Waals surface area contributed by atoms with Gasteiger partial charge in [0.15, 0.2) is 11.5 Å². The largest absolute Gasteiger partial charge is 0.454 e. The van der Waals surface area contributed by atoms with E-state index in [0.717, 1.165) is 6.07 Å². The van der Waals surface area contributed by atoms with Crippen LogP contribution >= 0.6 is 11.6 Å². The van der Waals surface area contributed by atoms with Gasteiger partial charge in [-0.2, -0.15) is 13.2 Å². The lowest BCUT2D eigenvalue weighted by Crippen LogP contribution is -2.11. The summed E-state index contributed by atoms with van der Waals surface area (Å²) in [4.78, 5) is -0.0638. The fourth-order valence-corrected chi connectivity index (χ4v) is 3.96. The van der Waals surface area contributed by atoms with Gasteiger partial charge in [0.25, 0.3) is 0 Å². The molecule has 30 heavy (non-hydrogen) atoms. The van der Waals surface area contributed by atoms with E-state index in [1.807, 2.05) is 0 Å². The molecule has 0 spiro atoms.